The van der Waals surface area contributed by atoms with Crippen molar-refractivity contribution in [2.75, 3.05) is 0 Å². The first-order valence-corrected chi connectivity index (χ1v) is 13.2. The van der Waals surface area contributed by atoms with Crippen LogP contribution >= 0.6 is 0 Å². The molecule has 2 aromatic carbocycles. The van der Waals surface area contributed by atoms with E-state index in [2.05, 4.69) is 61.1 Å². The van der Waals surface area contributed by atoms with Crippen molar-refractivity contribution < 1.29 is 50.0 Å². The van der Waals surface area contributed by atoms with Crippen LogP contribution in [0.4, 0.5) is 0 Å². The number of aromatic hydroxyl groups is 2. The zero-order valence-corrected chi connectivity index (χ0v) is 24.0. The molecular formula is C28H38BrCrN2O2+. The quantitative estimate of drug-likeness (QED) is 0.587. The first-order chi connectivity index (χ1) is 15.5. The summed E-state index contributed by atoms with van der Waals surface area (Å²) in [6.07, 6.45) is 9.17. The Morgan fingerprint density at radius 1 is 0.735 bits per heavy atom. The van der Waals surface area contributed by atoms with Crippen LogP contribution in [0, 0.1) is 0 Å². The minimum absolute atomic E-state index is 0. The van der Waals surface area contributed by atoms with Crippen LogP contribution in [-0.2, 0) is 26.5 Å². The van der Waals surface area contributed by atoms with Crippen LogP contribution in [0.2, 0.25) is 0 Å². The topological polar surface area (TPSA) is 46.5 Å². The van der Waals surface area contributed by atoms with Gasteiger partial charge in [0.2, 0.25) is 0 Å². The molecule has 0 aromatic heterocycles. The summed E-state index contributed by atoms with van der Waals surface area (Å²) in [5.74, 6) is 0.789. The predicted molar refractivity (Wildman–Crippen MR) is 131 cm³/mol. The molecule has 2 aliphatic rings. The van der Waals surface area contributed by atoms with Crippen molar-refractivity contribution in [3.8, 4) is 11.5 Å². The second-order valence-electron chi connectivity index (χ2n) is 11.5. The van der Waals surface area contributed by atoms with Crippen LogP contribution < -0.4 is 17.0 Å². The number of rotatable bonds is 2. The molecule has 2 atom stereocenters. The monoisotopic (exact) mass is 565 g/mol. The summed E-state index contributed by atoms with van der Waals surface area (Å²) in [5.41, 5.74) is 3.55. The first-order valence-electron chi connectivity index (χ1n) is 12.1. The molecule has 2 fully saturated rings. The van der Waals surface area contributed by atoms with Gasteiger partial charge in [-0.15, -0.1) is 0 Å². The molecule has 34 heavy (non-hydrogen) atoms. The molecule has 4 nitrogen and oxygen atoms in total. The Balaban J connectivity index is 0.00000324. The van der Waals surface area contributed by atoms with Crippen molar-refractivity contribution in [3.05, 3.63) is 58.7 Å². The Kier molecular flexibility index (Phi) is 8.07. The summed E-state index contributed by atoms with van der Waals surface area (Å²) in [6, 6.07) is 13.1. The van der Waals surface area contributed by atoms with Gasteiger partial charge in [-0.2, -0.15) is 0 Å². The number of phenols is 2. The van der Waals surface area contributed by atoms with E-state index in [1.807, 2.05) is 36.4 Å². The van der Waals surface area contributed by atoms with Crippen LogP contribution in [0.15, 0.2) is 36.4 Å². The number of hydrogen-bond donors (Lipinski definition) is 2. The van der Waals surface area contributed by atoms with E-state index >= 15 is 0 Å². The summed E-state index contributed by atoms with van der Waals surface area (Å²) >= 11 is 0.0635. The number of phenolic OH excluding ortho intramolecular Hbond substituents is 2. The fourth-order valence-electron chi connectivity index (χ4n) is 4.97. The largest absolute Gasteiger partial charge is 1.00 e. The first kappa shape index (κ1) is 27.0. The third-order valence-corrected chi connectivity index (χ3v) is 8.58. The average molecular weight is 567 g/mol. The molecule has 2 aromatic rings. The van der Waals surface area contributed by atoms with Gasteiger partial charge in [-0.1, -0.05) is 0 Å². The predicted octanol–water partition coefficient (Wildman–Crippen LogP) is 2.50. The summed E-state index contributed by atoms with van der Waals surface area (Å²) in [6.45, 7) is 12.8. The number of halogens is 1. The minimum atomic E-state index is -0.104. The van der Waals surface area contributed by atoms with Crippen LogP contribution in [-0.4, -0.2) is 41.8 Å². The molecule has 1 heterocycles. The molecule has 4 rings (SSSR count). The average Bonchev–Trinajstić information content (AvgIpc) is 3.07. The van der Waals surface area contributed by atoms with Crippen LogP contribution in [0.25, 0.3) is 0 Å². The van der Waals surface area contributed by atoms with Gasteiger partial charge in [-0.25, -0.2) is 0 Å². The molecule has 1 saturated heterocycles. The number of nitrogens with zero attached hydrogens (tertiary/aromatic N) is 2. The van der Waals surface area contributed by atoms with E-state index in [-0.39, 0.29) is 43.5 Å². The molecule has 2 N–H and O–H groups in total. The van der Waals surface area contributed by atoms with Gasteiger partial charge in [0.05, 0.1) is 0 Å². The standard InChI is InChI=1S/C28H38N2O2.BrH.Cr/c1-27(2,3)21-13-9-11-19(25(21)31)17-29-23-15-7-8-16-24(23)30-18-20-12-10-14-22(26(20)32)28(4,5)6;;/h9-14,17-18,23-24,31-32H,7-8,15-16H2,1-6H3;1H;/q;;+2/p-1/t23-,24-;;/m1../s1. The number of benzene rings is 2. The molecule has 0 bridgehead atoms. The van der Waals surface area contributed by atoms with E-state index in [4.69, 9.17) is 0 Å². The summed E-state index contributed by atoms with van der Waals surface area (Å²) in [4.78, 5) is 0. The van der Waals surface area contributed by atoms with Crippen LogP contribution in [0.1, 0.15) is 89.5 Å². The van der Waals surface area contributed by atoms with Crippen molar-refractivity contribution in [2.45, 2.75) is 90.1 Å². The second kappa shape index (κ2) is 10.2. The van der Waals surface area contributed by atoms with Crippen molar-refractivity contribution in [2.24, 2.45) is 0 Å². The van der Waals surface area contributed by atoms with Crippen LogP contribution in [0.5, 0.6) is 11.5 Å². The van der Waals surface area contributed by atoms with Crippen molar-refractivity contribution in [3.63, 3.8) is 0 Å². The van der Waals surface area contributed by atoms with Gasteiger partial charge in [0, 0.05) is 0 Å². The number of fused-ring (bicyclic) bond motifs is 1. The van der Waals surface area contributed by atoms with Gasteiger partial charge >= 0.3 is 206 Å². The molecule has 1 saturated carbocycles. The number of para-hydroxylation sites is 2. The molecule has 0 spiro atoms. The Bertz CT molecular complexity index is 1020. The van der Waals surface area contributed by atoms with Gasteiger partial charge < -0.3 is 17.0 Å². The van der Waals surface area contributed by atoms with Gasteiger partial charge in [0.15, 0.2) is 0 Å². The minimum Gasteiger partial charge on any atom is -1.00 e. The zero-order valence-electron chi connectivity index (χ0n) is 21.2. The van der Waals surface area contributed by atoms with Gasteiger partial charge in [0.25, 0.3) is 0 Å². The molecule has 0 unspecified atom stereocenters. The Hall–Kier alpha value is -1.61. The molecule has 1 aliphatic heterocycles. The summed E-state index contributed by atoms with van der Waals surface area (Å²) in [5, 5.41) is 22.0. The fraction of sp³-hybridized carbons (Fsp3) is 0.500. The van der Waals surface area contributed by atoms with E-state index in [1.54, 1.807) is 0 Å². The van der Waals surface area contributed by atoms with Crippen molar-refractivity contribution >= 4 is 12.4 Å². The van der Waals surface area contributed by atoms with Gasteiger partial charge in [0.1, 0.15) is 0 Å². The van der Waals surface area contributed by atoms with Gasteiger partial charge in [-0.3, -0.25) is 0 Å². The Morgan fingerprint density at radius 2 is 1.12 bits per heavy atom. The van der Waals surface area contributed by atoms with Gasteiger partial charge in [-0.05, 0) is 0 Å². The van der Waals surface area contributed by atoms with E-state index in [1.165, 1.54) is 25.7 Å². The molecule has 0 amide bonds. The van der Waals surface area contributed by atoms with E-state index in [0.29, 0.717) is 23.6 Å². The Morgan fingerprint density at radius 3 is 1.47 bits per heavy atom. The summed E-state index contributed by atoms with van der Waals surface area (Å²) < 4.78 is 4.92. The third kappa shape index (κ3) is 5.45. The molecular weight excluding hydrogens is 528 g/mol. The maximum absolute atomic E-state index is 11.0. The zero-order chi connectivity index (χ0) is 24.0. The maximum Gasteiger partial charge on any atom is -1.00 e. The van der Waals surface area contributed by atoms with Crippen molar-refractivity contribution in [1.82, 2.24) is 0 Å². The SMILES string of the molecule is CC(C)(C)c1cccc(C=[N+]2[Cr][N+](=Cc3cccc(C(C)(C)C)c3O)[C@@H]3CCCC[C@H]32)c1O.[Br-]. The maximum atomic E-state index is 11.0. The molecule has 1 aliphatic carbocycles. The molecule has 0 radical (unpaired) electrons. The normalized spacial score (nSPS) is 23.1. The van der Waals surface area contributed by atoms with Crippen LogP contribution in [0.3, 0.4) is 0 Å². The Labute approximate surface area is 222 Å². The molecule has 184 valence electrons. The van der Waals surface area contributed by atoms with E-state index in [0.717, 1.165) is 22.3 Å². The van der Waals surface area contributed by atoms with Crippen molar-refractivity contribution in [1.29, 1.82) is 0 Å². The van der Waals surface area contributed by atoms with E-state index in [9.17, 15) is 10.2 Å². The van der Waals surface area contributed by atoms with E-state index < -0.39 is 0 Å². The second-order valence-corrected chi connectivity index (χ2v) is 13.0. The smallest absolute Gasteiger partial charge is 1.00 e. The third-order valence-electron chi connectivity index (χ3n) is 6.82. The molecule has 6 heteroatoms. The number of hydrogen-bond acceptors (Lipinski definition) is 2. The summed E-state index contributed by atoms with van der Waals surface area (Å²) in [7, 11) is 0. The fourth-order valence-corrected chi connectivity index (χ4v) is 6.96.